The molecule has 3 aromatic rings. The Morgan fingerprint density at radius 3 is 2.52 bits per heavy atom. The molecule has 4 nitrogen and oxygen atoms in total. The number of nitrogens with one attached hydrogen (secondary N) is 1. The van der Waals surface area contributed by atoms with Gasteiger partial charge in [0.15, 0.2) is 0 Å². The van der Waals surface area contributed by atoms with Crippen molar-refractivity contribution in [1.82, 2.24) is 5.32 Å². The Morgan fingerprint density at radius 1 is 1.00 bits per heavy atom. The van der Waals surface area contributed by atoms with Crippen LogP contribution >= 0.6 is 11.6 Å². The monoisotopic (exact) mass is 404 g/mol. The molecule has 0 aromatic heterocycles. The molecule has 146 valence electrons. The Balaban J connectivity index is 1.53. The first kappa shape index (κ1) is 19.2. The van der Waals surface area contributed by atoms with E-state index in [4.69, 9.17) is 11.6 Å². The van der Waals surface area contributed by atoms with Crippen LogP contribution in [0.25, 0.3) is 0 Å². The molecule has 2 amide bonds. The summed E-state index contributed by atoms with van der Waals surface area (Å²) in [6.07, 6.45) is 0.822. The number of anilines is 1. The number of fused-ring (bicyclic) bond motifs is 1. The Labute approximate surface area is 175 Å². The van der Waals surface area contributed by atoms with Crippen molar-refractivity contribution in [2.75, 3.05) is 4.90 Å². The lowest BCUT2D eigenvalue weighted by molar-refractivity contribution is 0.0948. The van der Waals surface area contributed by atoms with Crippen LogP contribution in [0.5, 0.6) is 0 Å². The lowest BCUT2D eigenvalue weighted by atomic mass is 10.1. The molecular weight excluding hydrogens is 384 g/mol. The quantitative estimate of drug-likeness (QED) is 0.675. The van der Waals surface area contributed by atoms with Gasteiger partial charge in [-0.2, -0.15) is 0 Å². The maximum absolute atomic E-state index is 13.1. The third-order valence-corrected chi connectivity index (χ3v) is 5.38. The van der Waals surface area contributed by atoms with Crippen molar-refractivity contribution in [2.45, 2.75) is 25.9 Å². The first-order valence-electron chi connectivity index (χ1n) is 9.57. The number of carbonyl (C=O) groups is 2. The second kappa shape index (κ2) is 8.10. The number of carbonyl (C=O) groups excluding carboxylic acids is 2. The van der Waals surface area contributed by atoms with Crippen molar-refractivity contribution in [2.24, 2.45) is 0 Å². The summed E-state index contributed by atoms with van der Waals surface area (Å²) in [5.41, 5.74) is 4.20. The van der Waals surface area contributed by atoms with Crippen molar-refractivity contribution in [3.63, 3.8) is 0 Å². The van der Waals surface area contributed by atoms with Crippen LogP contribution in [0.3, 0.4) is 0 Å². The highest BCUT2D eigenvalue weighted by Crippen LogP contribution is 2.34. The van der Waals surface area contributed by atoms with Gasteiger partial charge in [0.05, 0.1) is 0 Å². The predicted molar refractivity (Wildman–Crippen MR) is 115 cm³/mol. The van der Waals surface area contributed by atoms with E-state index in [0.717, 1.165) is 23.2 Å². The van der Waals surface area contributed by atoms with Gasteiger partial charge in [-0.15, -0.1) is 0 Å². The van der Waals surface area contributed by atoms with Crippen LogP contribution in [0, 0.1) is 0 Å². The maximum atomic E-state index is 13.1. The summed E-state index contributed by atoms with van der Waals surface area (Å²) in [5, 5.41) is 3.45. The SMILES string of the molecule is CC1Cc2ccc(CNC(=O)c3cccc(Cl)c3)cc2N1C(=O)c1ccccc1. The third-order valence-electron chi connectivity index (χ3n) is 5.14. The lowest BCUT2D eigenvalue weighted by Crippen LogP contribution is -2.35. The van der Waals surface area contributed by atoms with E-state index in [2.05, 4.69) is 12.2 Å². The number of benzene rings is 3. The fourth-order valence-electron chi connectivity index (χ4n) is 3.71. The fourth-order valence-corrected chi connectivity index (χ4v) is 3.90. The minimum absolute atomic E-state index is 0.00281. The van der Waals surface area contributed by atoms with Crippen molar-refractivity contribution in [1.29, 1.82) is 0 Å². The zero-order valence-corrected chi connectivity index (χ0v) is 16.8. The third kappa shape index (κ3) is 4.03. The largest absolute Gasteiger partial charge is 0.348 e. The lowest BCUT2D eigenvalue weighted by Gasteiger charge is -2.23. The number of amides is 2. The van der Waals surface area contributed by atoms with Crippen LogP contribution in [0.1, 0.15) is 38.8 Å². The molecule has 0 spiro atoms. The average molecular weight is 405 g/mol. The van der Waals surface area contributed by atoms with Crippen molar-refractivity contribution in [3.8, 4) is 0 Å². The molecular formula is C24H21ClN2O2. The van der Waals surface area contributed by atoms with Crippen LogP contribution in [0.4, 0.5) is 5.69 Å². The summed E-state index contributed by atoms with van der Waals surface area (Å²) in [5.74, 6) is -0.185. The first-order valence-corrected chi connectivity index (χ1v) is 9.95. The van der Waals surface area contributed by atoms with E-state index in [1.165, 1.54) is 0 Å². The van der Waals surface area contributed by atoms with Crippen LogP contribution in [0.15, 0.2) is 72.8 Å². The van der Waals surface area contributed by atoms with Gasteiger partial charge in [-0.3, -0.25) is 9.59 Å². The number of halogens is 1. The van der Waals surface area contributed by atoms with Gasteiger partial charge in [-0.05, 0) is 60.9 Å². The van der Waals surface area contributed by atoms with Gasteiger partial charge in [0.1, 0.15) is 0 Å². The summed E-state index contributed by atoms with van der Waals surface area (Å²) in [6, 6.07) is 22.3. The summed E-state index contributed by atoms with van der Waals surface area (Å²) in [6.45, 7) is 2.43. The molecule has 0 bridgehead atoms. The Bertz CT molecular complexity index is 1070. The van der Waals surface area contributed by atoms with E-state index >= 15 is 0 Å². The normalized spacial score (nSPS) is 15.1. The minimum atomic E-state index is -0.182. The van der Waals surface area contributed by atoms with E-state index in [-0.39, 0.29) is 17.9 Å². The van der Waals surface area contributed by atoms with E-state index in [9.17, 15) is 9.59 Å². The van der Waals surface area contributed by atoms with E-state index < -0.39 is 0 Å². The number of nitrogens with zero attached hydrogens (tertiary/aromatic N) is 1. The second-order valence-electron chi connectivity index (χ2n) is 7.25. The summed E-state index contributed by atoms with van der Waals surface area (Å²) in [7, 11) is 0. The number of hydrogen-bond donors (Lipinski definition) is 1. The maximum Gasteiger partial charge on any atom is 0.258 e. The van der Waals surface area contributed by atoms with Crippen LogP contribution in [-0.4, -0.2) is 17.9 Å². The van der Waals surface area contributed by atoms with Crippen molar-refractivity contribution in [3.05, 3.63) is 100 Å². The molecule has 1 unspecified atom stereocenters. The first-order chi connectivity index (χ1) is 14.0. The molecule has 3 aromatic carbocycles. The zero-order chi connectivity index (χ0) is 20.4. The van der Waals surface area contributed by atoms with Gasteiger partial charge < -0.3 is 10.2 Å². The molecule has 0 radical (unpaired) electrons. The Kier molecular flexibility index (Phi) is 5.36. The molecule has 1 heterocycles. The van der Waals surface area contributed by atoms with Crippen LogP contribution in [0.2, 0.25) is 5.02 Å². The predicted octanol–water partition coefficient (Wildman–Crippen LogP) is 4.86. The zero-order valence-electron chi connectivity index (χ0n) is 16.1. The summed E-state index contributed by atoms with van der Waals surface area (Å²) >= 11 is 5.96. The molecule has 4 rings (SSSR count). The van der Waals surface area contributed by atoms with Gasteiger partial charge in [0.25, 0.3) is 11.8 Å². The molecule has 0 saturated carbocycles. The fraction of sp³-hybridized carbons (Fsp3) is 0.167. The summed E-state index contributed by atoms with van der Waals surface area (Å²) < 4.78 is 0. The Hall–Kier alpha value is -3.11. The molecule has 5 heteroatoms. The van der Waals surface area contributed by atoms with E-state index in [1.54, 1.807) is 24.3 Å². The highest BCUT2D eigenvalue weighted by molar-refractivity contribution is 6.30. The Morgan fingerprint density at radius 2 is 1.76 bits per heavy atom. The van der Waals surface area contributed by atoms with Gasteiger partial charge in [0.2, 0.25) is 0 Å². The van der Waals surface area contributed by atoms with Crippen LogP contribution in [-0.2, 0) is 13.0 Å². The van der Waals surface area contributed by atoms with Crippen molar-refractivity contribution < 1.29 is 9.59 Å². The highest BCUT2D eigenvalue weighted by atomic mass is 35.5. The van der Waals surface area contributed by atoms with E-state index in [0.29, 0.717) is 22.7 Å². The molecule has 1 aliphatic heterocycles. The van der Waals surface area contributed by atoms with Gasteiger partial charge in [-0.25, -0.2) is 0 Å². The van der Waals surface area contributed by atoms with Gasteiger partial charge in [-0.1, -0.05) is 48.0 Å². The topological polar surface area (TPSA) is 49.4 Å². The number of rotatable bonds is 4. The highest BCUT2D eigenvalue weighted by Gasteiger charge is 2.31. The molecule has 29 heavy (non-hydrogen) atoms. The second-order valence-corrected chi connectivity index (χ2v) is 7.69. The van der Waals surface area contributed by atoms with E-state index in [1.807, 2.05) is 53.4 Å². The summed E-state index contributed by atoms with van der Waals surface area (Å²) in [4.78, 5) is 27.3. The van der Waals surface area contributed by atoms with Gasteiger partial charge in [0, 0.05) is 34.4 Å². The number of hydrogen-bond acceptors (Lipinski definition) is 2. The molecule has 0 saturated heterocycles. The molecule has 1 aliphatic rings. The van der Waals surface area contributed by atoms with Crippen LogP contribution < -0.4 is 10.2 Å². The molecule has 0 aliphatic carbocycles. The molecule has 0 fully saturated rings. The smallest absolute Gasteiger partial charge is 0.258 e. The van der Waals surface area contributed by atoms with Crippen molar-refractivity contribution >= 4 is 29.1 Å². The van der Waals surface area contributed by atoms with Gasteiger partial charge >= 0.3 is 0 Å². The molecule has 1 N–H and O–H groups in total. The minimum Gasteiger partial charge on any atom is -0.348 e. The molecule has 1 atom stereocenters. The average Bonchev–Trinajstić information content (AvgIpc) is 3.07. The standard InChI is InChI=1S/C24H21ClN2O2/c1-16-12-19-11-10-17(15-26-23(28)20-8-5-9-21(25)14-20)13-22(19)27(16)24(29)18-6-3-2-4-7-18/h2-11,13-14,16H,12,15H2,1H3,(H,26,28).